The Hall–Kier alpha value is 4.57. The second-order valence-corrected chi connectivity index (χ2v) is 21.0. The van der Waals surface area contributed by atoms with Crippen molar-refractivity contribution in [2.75, 3.05) is 46.2 Å². The second kappa shape index (κ2) is 53.6. The van der Waals surface area contributed by atoms with E-state index in [4.69, 9.17) is 41.6 Å². The number of ether oxygens (including phenoxy) is 5. The maximum atomic E-state index is 10.4. The molecule has 0 aromatic rings. The number of carboxylic acid groups (broad SMARTS) is 2. The summed E-state index contributed by atoms with van der Waals surface area (Å²) in [5.41, 5.74) is 16.4. The fraction of sp³-hybridized carbons (Fsp3) is 0.935. The molecule has 5 heterocycles. The minimum atomic E-state index is -4.95. The van der Waals surface area contributed by atoms with E-state index in [9.17, 15) is 105 Å². The molecule has 5 aliphatic rings. The molecule has 5 fully saturated rings. The maximum absolute atomic E-state index is 10.4. The Morgan fingerprint density at radius 2 is 0.847 bits per heavy atom. The molecule has 17 atom stereocenters. The molecule has 0 aromatic heterocycles. The van der Waals surface area contributed by atoms with Crippen molar-refractivity contribution < 1.29 is 389 Å². The van der Waals surface area contributed by atoms with Crippen LogP contribution in [-0.4, -0.2) is 279 Å². The molecule has 54 heteroatoms. The van der Waals surface area contributed by atoms with Crippen LogP contribution < -0.4 is 234 Å². The van der Waals surface area contributed by atoms with Gasteiger partial charge in [-0.05, 0) is 6.92 Å². The zero-order valence-corrected chi connectivity index (χ0v) is 65.0. The van der Waals surface area contributed by atoms with E-state index >= 15 is 0 Å². The van der Waals surface area contributed by atoms with Crippen LogP contribution in [0, 0.1) is 0 Å². The first-order valence-electron chi connectivity index (χ1n) is 20.6. The van der Waals surface area contributed by atoms with Crippen molar-refractivity contribution in [3.63, 3.8) is 0 Å². The summed E-state index contributed by atoms with van der Waals surface area (Å²) in [4.78, 5) is 20.5. The van der Waals surface area contributed by atoms with E-state index in [1.807, 2.05) is 0 Å². The number of hydrogen-bond donors (Lipinski definition) is 9. The minimum absolute atomic E-state index is 0. The molecule has 0 radical (unpaired) electrons. The number of rotatable bonds is 15. The van der Waals surface area contributed by atoms with Crippen molar-refractivity contribution in [3.05, 3.63) is 0 Å². The zero-order valence-electron chi connectivity index (χ0n) is 46.9. The minimum Gasteiger partial charge on any atom is -0.726 e. The van der Waals surface area contributed by atoms with Crippen LogP contribution in [0.3, 0.4) is 0 Å². The first kappa shape index (κ1) is 114. The summed E-state index contributed by atoms with van der Waals surface area (Å²) < 4.78 is 198. The van der Waals surface area contributed by atoms with E-state index < -0.39 is 187 Å². The van der Waals surface area contributed by atoms with Gasteiger partial charge in [0.2, 0.25) is 52.0 Å². The summed E-state index contributed by atoms with van der Waals surface area (Å²) in [7, 11) is -24.3. The quantitative estimate of drug-likeness (QED) is 0.0418. The van der Waals surface area contributed by atoms with Crippen LogP contribution in [-0.2, 0) is 106 Å². The fourth-order valence-corrected chi connectivity index (χ4v) is 8.10. The van der Waals surface area contributed by atoms with Crippen LogP contribution in [0.2, 0.25) is 0 Å². The van der Waals surface area contributed by atoms with Crippen molar-refractivity contribution in [1.82, 2.24) is 0 Å². The SMILES string of the molecule is C[C@H]1OC(COS(=O)(=O)[O-])CC(O)C1N.NC1COC(COS(=O)(=O)[O-])CC1OS(=O)(=O)[O-].NC1COC(COS(=O)(=O)[O-])[C@@H](O)C1O.O.O.O.O.O=C([O-])C1CC(O)C(O)CO1.O=C([O-])C1CC(O)C(OS(=O)(=O)[O-])CO1.[Na+].[Na+].[Na+].[Na+].[Na+].[Na+].[Na+]. The van der Waals surface area contributed by atoms with Crippen LogP contribution >= 0.6 is 0 Å². The van der Waals surface area contributed by atoms with E-state index in [1.165, 1.54) is 0 Å². The average Bonchev–Trinajstić information content (AvgIpc) is 3.24. The predicted molar refractivity (Wildman–Crippen MR) is 232 cm³/mol. The summed E-state index contributed by atoms with van der Waals surface area (Å²) in [6.07, 6.45) is -15.3. The van der Waals surface area contributed by atoms with Crippen molar-refractivity contribution in [2.24, 2.45) is 17.2 Å². The number of hydrogen-bond acceptors (Lipinski definition) is 38. The molecular weight excluding hydrogens is 1360 g/mol. The van der Waals surface area contributed by atoms with Gasteiger partial charge in [-0.15, -0.1) is 0 Å². The molecule has 5 aliphatic heterocycles. The largest absolute Gasteiger partial charge is 1.00 e. The van der Waals surface area contributed by atoms with Crippen molar-refractivity contribution in [2.45, 2.75) is 136 Å². The van der Waals surface area contributed by atoms with Gasteiger partial charge in [-0.1, -0.05) is 0 Å². The summed E-state index contributed by atoms with van der Waals surface area (Å²) in [5.74, 6) is -2.87. The molecule has 0 spiro atoms. The summed E-state index contributed by atoms with van der Waals surface area (Å²) in [6, 6.07) is -2.11. The summed E-state index contributed by atoms with van der Waals surface area (Å²) >= 11 is 0. The summed E-state index contributed by atoms with van der Waals surface area (Å²) in [5, 5.41) is 75.8. The molecule has 5 rings (SSSR count). The van der Waals surface area contributed by atoms with Gasteiger partial charge in [0.15, 0.2) is 0 Å². The van der Waals surface area contributed by atoms with Crippen LogP contribution in [0.1, 0.15) is 32.6 Å². The van der Waals surface area contributed by atoms with Gasteiger partial charge in [0, 0.05) is 25.7 Å². The Balaban J connectivity index is -0.0000000872. The topological polar surface area (TPSA) is 784 Å². The van der Waals surface area contributed by atoms with Crippen LogP contribution in [0.4, 0.5) is 0 Å². The molecule has 42 nitrogen and oxygen atoms in total. The van der Waals surface area contributed by atoms with E-state index in [1.54, 1.807) is 6.92 Å². The molecule has 5 saturated heterocycles. The molecular formula is C31H62N3Na7O39S5. The third-order valence-corrected chi connectivity index (χ3v) is 12.2. The first-order valence-corrected chi connectivity index (χ1v) is 27.2. The number of carbonyl (C=O) groups excluding carboxylic acids is 2. The second-order valence-electron chi connectivity index (χ2n) is 15.8. The van der Waals surface area contributed by atoms with E-state index in [2.05, 4.69) is 30.4 Å². The number of carbonyl (C=O) groups is 2. The van der Waals surface area contributed by atoms with Gasteiger partial charge < -0.3 is 136 Å². The molecule has 0 aromatic carbocycles. The van der Waals surface area contributed by atoms with Crippen molar-refractivity contribution in [1.29, 1.82) is 0 Å². The van der Waals surface area contributed by atoms with Crippen molar-refractivity contribution in [3.8, 4) is 0 Å². The molecule has 472 valence electrons. The number of aliphatic hydroxyl groups excluding tert-OH is 6. The number of aliphatic hydroxyl groups is 6. The fourth-order valence-electron chi connectivity index (χ4n) is 6.16. The Morgan fingerprint density at radius 3 is 1.24 bits per heavy atom. The third-order valence-electron chi connectivity index (χ3n) is 9.96. The van der Waals surface area contributed by atoms with Gasteiger partial charge in [0.25, 0.3) is 0 Å². The van der Waals surface area contributed by atoms with E-state index in [-0.39, 0.29) is 281 Å². The standard InChI is InChI=1S/C7H15NO6S.C6H13NO9S2.C6H13NO7S.C6H10O8S.C6H10O5.7Na.4H2O/c1-4-7(8)6(9)2-5(14-4)3-13-15(10,11)12;7-5-3-14-4(2-15-17(8,9)10)1-6(5)16-18(11,12)13;7-3-1-13-4(6(9)5(3)8)2-14-15(10,11)12;7-3-1-4(6(8)9)13-2-5(3)14-15(10,11)12;7-3-1-5(6(9)10)11-2-4(3)8;;;;;;;;;;;/h4-7,9H,2-3,8H2,1H3,(H,10,11,12);4-6H,1-3,7H2,(H,8,9,10)(H,11,12,13);3-6,8-9H,1-2,7H2,(H,10,11,12);3-5,7H,1-2H2,(H,8,9)(H,10,11,12);3-5,7-8H,1-2H2,(H,9,10);;;;;;;;4*1H2/q;;;;;7*+1;;;;/p-7/t4-,5?,6?,7?;;3?,4?,5?,6-;;;;;;;;;;;;;/m1.1............./s1. The first-order chi connectivity index (χ1) is 33.6. The van der Waals surface area contributed by atoms with Gasteiger partial charge in [0.05, 0.1) is 137 Å². The molecule has 15 unspecified atom stereocenters. The van der Waals surface area contributed by atoms with Gasteiger partial charge in [-0.25, -0.2) is 42.1 Å². The van der Waals surface area contributed by atoms with Crippen molar-refractivity contribution >= 4 is 63.9 Å². The van der Waals surface area contributed by atoms with Crippen LogP contribution in [0.15, 0.2) is 0 Å². The molecule has 85 heavy (non-hydrogen) atoms. The van der Waals surface area contributed by atoms with Gasteiger partial charge in [-0.2, -0.15) is 0 Å². The smallest absolute Gasteiger partial charge is 0.726 e. The normalized spacial score (nSPS) is 30.5. The Bertz CT molecular complexity index is 2320. The number of nitrogens with two attached hydrogens (primary N) is 3. The summed E-state index contributed by atoms with van der Waals surface area (Å²) in [6.45, 7) is -0.834. The predicted octanol–water partition coefficient (Wildman–Crippen LogP) is -37.6. The average molecular weight is 1420 g/mol. The third kappa shape index (κ3) is 52.4. The molecule has 0 saturated carbocycles. The molecule has 0 aliphatic carbocycles. The number of aliphatic carboxylic acids is 2. The Kier molecular flexibility index (Phi) is 71.8. The monoisotopic (exact) mass is 1420 g/mol. The molecule has 0 bridgehead atoms. The zero-order chi connectivity index (χ0) is 57.3. The Morgan fingerprint density at radius 1 is 0.459 bits per heavy atom. The van der Waals surface area contributed by atoms with E-state index in [0.717, 1.165) is 0 Å². The van der Waals surface area contributed by atoms with Gasteiger partial charge >= 0.3 is 207 Å². The number of carboxylic acids is 2. The maximum Gasteiger partial charge on any atom is 1.00 e. The van der Waals surface area contributed by atoms with Crippen LogP contribution in [0.5, 0.6) is 0 Å². The van der Waals surface area contributed by atoms with E-state index in [0.29, 0.717) is 0 Å². The molecule has 0 amide bonds. The van der Waals surface area contributed by atoms with Gasteiger partial charge in [-0.3, -0.25) is 20.9 Å². The molecule has 20 N–H and O–H groups in total. The Labute approximate surface area is 643 Å². The van der Waals surface area contributed by atoms with Gasteiger partial charge in [0.1, 0.15) is 24.4 Å². The van der Waals surface area contributed by atoms with Crippen LogP contribution in [0.25, 0.3) is 0 Å².